The molecule has 92 valence electrons. The van der Waals surface area contributed by atoms with Crippen LogP contribution in [0.5, 0.6) is 0 Å². The van der Waals surface area contributed by atoms with Crippen LogP contribution in [0, 0.1) is 0 Å². The Morgan fingerprint density at radius 2 is 1.88 bits per heavy atom. The number of halogens is 1. The van der Waals surface area contributed by atoms with E-state index < -0.39 is 0 Å². The molecule has 0 bridgehead atoms. The monoisotopic (exact) mass is 251 g/mol. The number of benzene rings is 1. The van der Waals surface area contributed by atoms with Crippen LogP contribution in [-0.2, 0) is 6.54 Å². The average molecular weight is 252 g/mol. The Morgan fingerprint density at radius 3 is 2.65 bits per heavy atom. The summed E-state index contributed by atoms with van der Waals surface area (Å²) in [6.45, 7) is 1.65. The van der Waals surface area contributed by atoms with E-state index in [0.29, 0.717) is 0 Å². The van der Waals surface area contributed by atoms with Gasteiger partial charge in [-0.2, -0.15) is 0 Å². The topological polar surface area (TPSA) is 20.3 Å². The molecule has 1 amide bonds. The second-order valence-electron chi connectivity index (χ2n) is 4.49. The molecule has 2 nitrogen and oxygen atoms in total. The van der Waals surface area contributed by atoms with Crippen molar-refractivity contribution in [1.82, 2.24) is 4.90 Å². The molecule has 0 radical (unpaired) electrons. The molecule has 0 atom stereocenters. The molecule has 0 aromatic heterocycles. The Hall–Kier alpha value is -1.02. The van der Waals surface area contributed by atoms with E-state index in [1.54, 1.807) is 0 Å². The van der Waals surface area contributed by atoms with Gasteiger partial charge in [0.25, 0.3) is 5.91 Å². The molecule has 17 heavy (non-hydrogen) atoms. The summed E-state index contributed by atoms with van der Waals surface area (Å²) in [5.74, 6) is 0.937. The SMILES string of the molecule is O=C1c2ccccc2CN1CCCCCCCl. The van der Waals surface area contributed by atoms with Gasteiger partial charge in [-0.05, 0) is 24.5 Å². The summed E-state index contributed by atoms with van der Waals surface area (Å²) >= 11 is 5.63. The van der Waals surface area contributed by atoms with Gasteiger partial charge in [-0.15, -0.1) is 11.6 Å². The third-order valence-corrected chi connectivity index (χ3v) is 3.48. The van der Waals surface area contributed by atoms with Gasteiger partial charge in [0.1, 0.15) is 0 Å². The molecule has 0 saturated carbocycles. The fraction of sp³-hybridized carbons (Fsp3) is 0.500. The molecule has 0 saturated heterocycles. The van der Waals surface area contributed by atoms with Crippen LogP contribution in [0.4, 0.5) is 0 Å². The van der Waals surface area contributed by atoms with Crippen molar-refractivity contribution in [2.45, 2.75) is 32.2 Å². The van der Waals surface area contributed by atoms with Crippen molar-refractivity contribution in [3.8, 4) is 0 Å². The van der Waals surface area contributed by atoms with E-state index in [2.05, 4.69) is 0 Å². The zero-order valence-electron chi connectivity index (χ0n) is 9.99. The summed E-state index contributed by atoms with van der Waals surface area (Å²) in [7, 11) is 0. The minimum Gasteiger partial charge on any atom is -0.334 e. The Balaban J connectivity index is 1.80. The van der Waals surface area contributed by atoms with Crippen LogP contribution in [0.1, 0.15) is 41.6 Å². The van der Waals surface area contributed by atoms with Gasteiger partial charge >= 0.3 is 0 Å². The molecule has 0 aliphatic carbocycles. The lowest BCUT2D eigenvalue weighted by Crippen LogP contribution is -2.24. The maximum Gasteiger partial charge on any atom is 0.254 e. The number of carbonyl (C=O) groups excluding carboxylic acids is 1. The molecule has 0 fully saturated rings. The first-order valence-electron chi connectivity index (χ1n) is 6.26. The summed E-state index contributed by atoms with van der Waals surface area (Å²) in [6, 6.07) is 7.89. The first-order valence-corrected chi connectivity index (χ1v) is 6.79. The fourth-order valence-corrected chi connectivity index (χ4v) is 2.43. The third-order valence-electron chi connectivity index (χ3n) is 3.21. The Bertz CT molecular complexity index is 392. The van der Waals surface area contributed by atoms with E-state index in [1.165, 1.54) is 12.0 Å². The first-order chi connectivity index (χ1) is 8.33. The molecular formula is C14H18ClNO. The van der Waals surface area contributed by atoms with Crippen LogP contribution in [0.25, 0.3) is 0 Å². The number of hydrogen-bond acceptors (Lipinski definition) is 1. The van der Waals surface area contributed by atoms with Crippen molar-refractivity contribution in [2.24, 2.45) is 0 Å². The Kier molecular flexibility index (Phi) is 4.43. The van der Waals surface area contributed by atoms with Crippen molar-refractivity contribution in [1.29, 1.82) is 0 Å². The fourth-order valence-electron chi connectivity index (χ4n) is 2.25. The minimum atomic E-state index is 0.193. The normalized spacial score (nSPS) is 14.2. The molecule has 0 N–H and O–H groups in total. The lowest BCUT2D eigenvalue weighted by atomic mass is 10.1. The highest BCUT2D eigenvalue weighted by Crippen LogP contribution is 2.22. The number of unbranched alkanes of at least 4 members (excludes halogenated alkanes) is 3. The predicted molar refractivity (Wildman–Crippen MR) is 70.4 cm³/mol. The van der Waals surface area contributed by atoms with Crippen LogP contribution in [-0.4, -0.2) is 23.2 Å². The molecule has 1 heterocycles. The number of hydrogen-bond donors (Lipinski definition) is 0. The van der Waals surface area contributed by atoms with E-state index in [-0.39, 0.29) is 5.91 Å². The smallest absolute Gasteiger partial charge is 0.254 e. The Morgan fingerprint density at radius 1 is 1.12 bits per heavy atom. The second-order valence-corrected chi connectivity index (χ2v) is 4.87. The van der Waals surface area contributed by atoms with Crippen molar-refractivity contribution < 1.29 is 4.79 Å². The summed E-state index contributed by atoms with van der Waals surface area (Å²) in [4.78, 5) is 14.0. The minimum absolute atomic E-state index is 0.193. The zero-order valence-corrected chi connectivity index (χ0v) is 10.7. The quantitative estimate of drug-likeness (QED) is 0.560. The van der Waals surface area contributed by atoms with E-state index in [1.807, 2.05) is 29.2 Å². The highest BCUT2D eigenvalue weighted by atomic mass is 35.5. The molecule has 0 unspecified atom stereocenters. The van der Waals surface area contributed by atoms with Crippen LogP contribution < -0.4 is 0 Å². The van der Waals surface area contributed by atoms with Crippen molar-refractivity contribution in [3.05, 3.63) is 35.4 Å². The largest absolute Gasteiger partial charge is 0.334 e. The zero-order chi connectivity index (χ0) is 12.1. The highest BCUT2D eigenvalue weighted by molar-refractivity contribution is 6.17. The third kappa shape index (κ3) is 3.01. The number of carbonyl (C=O) groups is 1. The first kappa shape index (κ1) is 12.4. The number of alkyl halides is 1. The Labute approximate surface area is 108 Å². The predicted octanol–water partition coefficient (Wildman–Crippen LogP) is 3.44. The van der Waals surface area contributed by atoms with Crippen molar-refractivity contribution in [3.63, 3.8) is 0 Å². The van der Waals surface area contributed by atoms with Crippen LogP contribution in [0.15, 0.2) is 24.3 Å². The van der Waals surface area contributed by atoms with Crippen LogP contribution in [0.2, 0.25) is 0 Å². The molecule has 1 aromatic carbocycles. The van der Waals surface area contributed by atoms with Gasteiger partial charge in [0, 0.05) is 24.5 Å². The average Bonchev–Trinajstić information content (AvgIpc) is 2.67. The lowest BCUT2D eigenvalue weighted by Gasteiger charge is -2.15. The second kappa shape index (κ2) is 6.06. The van der Waals surface area contributed by atoms with Gasteiger partial charge in [-0.3, -0.25) is 4.79 Å². The summed E-state index contributed by atoms with van der Waals surface area (Å²) in [5.41, 5.74) is 2.05. The maximum absolute atomic E-state index is 12.0. The molecule has 1 aliphatic rings. The van der Waals surface area contributed by atoms with Crippen LogP contribution in [0.3, 0.4) is 0 Å². The van der Waals surface area contributed by atoms with Gasteiger partial charge in [0.2, 0.25) is 0 Å². The van der Waals surface area contributed by atoms with Crippen molar-refractivity contribution in [2.75, 3.05) is 12.4 Å². The van der Waals surface area contributed by atoms with Gasteiger partial charge in [-0.1, -0.05) is 31.0 Å². The number of amides is 1. The maximum atomic E-state index is 12.0. The molecule has 2 rings (SSSR count). The van der Waals surface area contributed by atoms with Gasteiger partial charge in [0.15, 0.2) is 0 Å². The molecule has 0 spiro atoms. The van der Waals surface area contributed by atoms with E-state index in [9.17, 15) is 4.79 Å². The highest BCUT2D eigenvalue weighted by Gasteiger charge is 2.25. The van der Waals surface area contributed by atoms with E-state index >= 15 is 0 Å². The van der Waals surface area contributed by atoms with Gasteiger partial charge in [0.05, 0.1) is 0 Å². The van der Waals surface area contributed by atoms with Gasteiger partial charge in [-0.25, -0.2) is 0 Å². The standard InChI is InChI=1S/C14H18ClNO/c15-9-5-1-2-6-10-16-11-12-7-3-4-8-13(12)14(16)17/h3-4,7-8H,1-2,5-6,9-11H2. The van der Waals surface area contributed by atoms with E-state index in [0.717, 1.165) is 43.8 Å². The summed E-state index contributed by atoms with van der Waals surface area (Å²) < 4.78 is 0. The van der Waals surface area contributed by atoms with Crippen molar-refractivity contribution >= 4 is 17.5 Å². The lowest BCUT2D eigenvalue weighted by molar-refractivity contribution is 0.0775. The number of fused-ring (bicyclic) bond motifs is 1. The number of nitrogens with zero attached hydrogens (tertiary/aromatic N) is 1. The van der Waals surface area contributed by atoms with Crippen LogP contribution >= 0.6 is 11.6 Å². The van der Waals surface area contributed by atoms with E-state index in [4.69, 9.17) is 11.6 Å². The summed E-state index contributed by atoms with van der Waals surface area (Å²) in [6.07, 6.45) is 4.48. The molecular weight excluding hydrogens is 234 g/mol. The van der Waals surface area contributed by atoms with Gasteiger partial charge < -0.3 is 4.90 Å². The summed E-state index contributed by atoms with van der Waals surface area (Å²) in [5, 5.41) is 0. The molecule has 1 aromatic rings. The number of rotatable bonds is 6. The molecule has 1 aliphatic heterocycles. The molecule has 3 heteroatoms.